The monoisotopic (exact) mass is 382 g/mol. The van der Waals surface area contributed by atoms with Gasteiger partial charge in [-0.25, -0.2) is 4.79 Å². The maximum absolute atomic E-state index is 11.9. The number of esters is 1. The maximum atomic E-state index is 11.9. The second kappa shape index (κ2) is 9.80. The molecule has 0 aliphatic rings. The molecule has 2 aromatic rings. The van der Waals surface area contributed by atoms with Crippen molar-refractivity contribution in [3.05, 3.63) is 64.0 Å². The molecular weight excluding hydrogens is 364 g/mol. The van der Waals surface area contributed by atoms with Crippen molar-refractivity contribution in [3.8, 4) is 11.9 Å². The van der Waals surface area contributed by atoms with Crippen LogP contribution in [-0.2, 0) is 9.47 Å². The van der Waals surface area contributed by atoms with Crippen LogP contribution in [0.4, 0.5) is 11.4 Å². The Morgan fingerprint density at radius 1 is 1.32 bits per heavy atom. The molecule has 1 aromatic carbocycles. The number of ether oxygens (including phenoxy) is 2. The number of aromatic hydroxyl groups is 1. The molecule has 0 radical (unpaired) electrons. The van der Waals surface area contributed by atoms with Crippen LogP contribution in [0.2, 0.25) is 0 Å². The number of nitriles is 1. The summed E-state index contributed by atoms with van der Waals surface area (Å²) in [7, 11) is 0. The first-order valence-electron chi connectivity index (χ1n) is 8.21. The van der Waals surface area contributed by atoms with Crippen molar-refractivity contribution in [2.75, 3.05) is 19.8 Å². The van der Waals surface area contributed by atoms with Gasteiger partial charge in [-0.05, 0) is 31.2 Å². The number of hydrogen-bond acceptors (Lipinski definition) is 8. The highest BCUT2D eigenvalue weighted by molar-refractivity contribution is 5.89. The van der Waals surface area contributed by atoms with E-state index in [4.69, 9.17) is 14.7 Å². The first-order chi connectivity index (χ1) is 13.5. The number of nitrogens with one attached hydrogen (secondary N) is 1. The highest BCUT2D eigenvalue weighted by Crippen LogP contribution is 2.24. The second-order valence-electron chi connectivity index (χ2n) is 5.51. The van der Waals surface area contributed by atoms with E-state index in [1.165, 1.54) is 31.2 Å². The van der Waals surface area contributed by atoms with E-state index in [1.807, 2.05) is 0 Å². The predicted molar refractivity (Wildman–Crippen MR) is 100 cm³/mol. The zero-order chi connectivity index (χ0) is 20.5. The van der Waals surface area contributed by atoms with E-state index in [0.29, 0.717) is 17.9 Å². The van der Waals surface area contributed by atoms with Crippen LogP contribution < -0.4 is 5.56 Å². The minimum absolute atomic E-state index is 0.0799. The van der Waals surface area contributed by atoms with Gasteiger partial charge in [-0.2, -0.15) is 10.4 Å². The fraction of sp³-hybridized carbons (Fsp3) is 0.211. The molecule has 144 valence electrons. The highest BCUT2D eigenvalue weighted by atomic mass is 16.6. The molecule has 28 heavy (non-hydrogen) atoms. The van der Waals surface area contributed by atoms with Crippen molar-refractivity contribution in [1.82, 2.24) is 4.98 Å². The molecule has 0 aliphatic carbocycles. The summed E-state index contributed by atoms with van der Waals surface area (Å²) >= 11 is 0. The lowest BCUT2D eigenvalue weighted by atomic mass is 10.1. The lowest BCUT2D eigenvalue weighted by Crippen LogP contribution is -2.10. The predicted octanol–water partition coefficient (Wildman–Crippen LogP) is 3.04. The summed E-state index contributed by atoms with van der Waals surface area (Å²) in [6, 6.07) is 7.87. The van der Waals surface area contributed by atoms with Gasteiger partial charge < -0.3 is 14.6 Å². The van der Waals surface area contributed by atoms with Crippen LogP contribution in [0.15, 0.2) is 51.9 Å². The average Bonchev–Trinajstić information content (AvgIpc) is 2.68. The molecule has 1 aromatic heterocycles. The Morgan fingerprint density at radius 2 is 2.04 bits per heavy atom. The number of aromatic nitrogens is 1. The largest absolute Gasteiger partial charge is 0.494 e. The van der Waals surface area contributed by atoms with E-state index in [1.54, 1.807) is 12.1 Å². The van der Waals surface area contributed by atoms with E-state index in [0.717, 1.165) is 0 Å². The zero-order valence-corrected chi connectivity index (χ0v) is 15.1. The van der Waals surface area contributed by atoms with Gasteiger partial charge in [0.1, 0.15) is 18.2 Å². The number of H-pyrrole nitrogens is 1. The minimum Gasteiger partial charge on any atom is -0.494 e. The number of nitrogens with zero attached hydrogens (tertiary/aromatic N) is 3. The fourth-order valence-corrected chi connectivity index (χ4v) is 2.17. The molecule has 9 nitrogen and oxygen atoms in total. The normalized spacial score (nSPS) is 10.6. The van der Waals surface area contributed by atoms with Crippen molar-refractivity contribution in [3.63, 3.8) is 0 Å². The molecule has 0 aliphatic heterocycles. The molecule has 9 heteroatoms. The summed E-state index contributed by atoms with van der Waals surface area (Å²) in [5.74, 6) is -1.02. The van der Waals surface area contributed by atoms with Crippen LogP contribution in [0.5, 0.6) is 5.88 Å². The van der Waals surface area contributed by atoms with Crippen LogP contribution in [0.1, 0.15) is 21.5 Å². The van der Waals surface area contributed by atoms with E-state index in [9.17, 15) is 14.7 Å². The quantitative estimate of drug-likeness (QED) is 0.311. The van der Waals surface area contributed by atoms with Crippen LogP contribution in [0, 0.1) is 18.3 Å². The SMILES string of the molecule is C=CCOCCOC(=O)c1ccc(N=Nc2c(C)c(C#N)c(O)[nH]c2=O)cc1. The molecule has 0 bridgehead atoms. The molecule has 2 N–H and O–H groups in total. The summed E-state index contributed by atoms with van der Waals surface area (Å²) in [4.78, 5) is 26.0. The minimum atomic E-state index is -0.670. The fourth-order valence-electron chi connectivity index (χ4n) is 2.17. The smallest absolute Gasteiger partial charge is 0.338 e. The number of carbonyl (C=O) groups is 1. The van der Waals surface area contributed by atoms with Crippen molar-refractivity contribution >= 4 is 17.3 Å². The van der Waals surface area contributed by atoms with Gasteiger partial charge in [0, 0.05) is 5.56 Å². The van der Waals surface area contributed by atoms with Gasteiger partial charge >= 0.3 is 5.97 Å². The zero-order valence-electron chi connectivity index (χ0n) is 15.1. The molecule has 0 atom stereocenters. The molecule has 0 spiro atoms. The molecule has 2 rings (SSSR count). The van der Waals surface area contributed by atoms with Crippen molar-refractivity contribution < 1.29 is 19.4 Å². The number of pyridine rings is 1. The lowest BCUT2D eigenvalue weighted by molar-refractivity contribution is 0.0354. The molecule has 0 unspecified atom stereocenters. The Kier molecular flexibility index (Phi) is 7.19. The number of aromatic amines is 1. The first kappa shape index (κ1) is 20.5. The van der Waals surface area contributed by atoms with Gasteiger partial charge in [0.25, 0.3) is 5.56 Å². The number of hydrogen-bond donors (Lipinski definition) is 2. The first-order valence-corrected chi connectivity index (χ1v) is 8.21. The molecular formula is C19H18N4O5. The highest BCUT2D eigenvalue weighted by Gasteiger charge is 2.13. The van der Waals surface area contributed by atoms with E-state index in [2.05, 4.69) is 21.8 Å². The second-order valence-corrected chi connectivity index (χ2v) is 5.51. The average molecular weight is 382 g/mol. The Labute approximate surface area is 160 Å². The Hall–Kier alpha value is -3.77. The number of rotatable bonds is 8. The van der Waals surface area contributed by atoms with Gasteiger partial charge in [-0.1, -0.05) is 6.08 Å². The summed E-state index contributed by atoms with van der Waals surface area (Å²) in [6.45, 7) is 5.78. The van der Waals surface area contributed by atoms with E-state index in [-0.39, 0.29) is 30.0 Å². The van der Waals surface area contributed by atoms with Crippen LogP contribution in [-0.4, -0.2) is 35.9 Å². The summed E-state index contributed by atoms with van der Waals surface area (Å²) in [5, 5.41) is 26.4. The number of carbonyl (C=O) groups excluding carboxylic acids is 1. The van der Waals surface area contributed by atoms with Crippen LogP contribution >= 0.6 is 0 Å². The summed E-state index contributed by atoms with van der Waals surface area (Å²) in [5.41, 5.74) is 0.0911. The summed E-state index contributed by atoms with van der Waals surface area (Å²) in [6.07, 6.45) is 1.60. The van der Waals surface area contributed by atoms with Crippen LogP contribution in [0.25, 0.3) is 0 Å². The van der Waals surface area contributed by atoms with Gasteiger partial charge in [0.05, 0.1) is 24.5 Å². The Morgan fingerprint density at radius 3 is 2.68 bits per heavy atom. The molecule has 1 heterocycles. The third-order valence-electron chi connectivity index (χ3n) is 3.59. The topological polar surface area (TPSA) is 137 Å². The molecule has 0 saturated carbocycles. The third-order valence-corrected chi connectivity index (χ3v) is 3.59. The van der Waals surface area contributed by atoms with Crippen molar-refractivity contribution in [2.45, 2.75) is 6.92 Å². The van der Waals surface area contributed by atoms with Gasteiger partial charge in [0.2, 0.25) is 5.88 Å². The van der Waals surface area contributed by atoms with E-state index >= 15 is 0 Å². The Bertz CT molecular complexity index is 987. The van der Waals surface area contributed by atoms with Gasteiger partial charge in [-0.15, -0.1) is 11.7 Å². The Balaban J connectivity index is 2.07. The van der Waals surface area contributed by atoms with E-state index < -0.39 is 17.4 Å². The number of benzene rings is 1. The summed E-state index contributed by atoms with van der Waals surface area (Å²) < 4.78 is 10.2. The maximum Gasteiger partial charge on any atom is 0.338 e. The number of azo groups is 1. The van der Waals surface area contributed by atoms with Gasteiger partial charge in [-0.3, -0.25) is 9.78 Å². The molecule has 0 fully saturated rings. The molecule has 0 amide bonds. The van der Waals surface area contributed by atoms with Crippen LogP contribution in [0.3, 0.4) is 0 Å². The van der Waals surface area contributed by atoms with Gasteiger partial charge in [0.15, 0.2) is 5.69 Å². The lowest BCUT2D eigenvalue weighted by Gasteiger charge is -2.05. The standard InChI is InChI=1S/C19H18N4O5/c1-3-8-27-9-10-28-19(26)13-4-6-14(7-5-13)22-23-16-12(2)15(11-20)17(24)21-18(16)25/h3-7H,1,8-10H2,2H3,(H2,21,24,25). The third kappa shape index (κ3) is 5.12. The molecule has 0 saturated heterocycles. The van der Waals surface area contributed by atoms with Crippen molar-refractivity contribution in [2.24, 2.45) is 10.2 Å². The van der Waals surface area contributed by atoms with Crippen molar-refractivity contribution in [1.29, 1.82) is 5.26 Å².